The number of nitrogens with zero attached hydrogens (tertiary/aromatic N) is 1. The molecular weight excluding hydrogens is 466 g/mol. The van der Waals surface area contributed by atoms with Gasteiger partial charge in [-0.3, -0.25) is 19.7 Å². The molecule has 0 fully saturated rings. The molecule has 0 aromatic heterocycles. The van der Waals surface area contributed by atoms with Crippen molar-refractivity contribution in [1.29, 1.82) is 0 Å². The highest BCUT2D eigenvalue weighted by Crippen LogP contribution is 2.44. The number of aliphatic carboxylic acids is 1. The molecule has 0 spiro atoms. The first kappa shape index (κ1) is 24.4. The van der Waals surface area contributed by atoms with Crippen LogP contribution in [0.1, 0.15) is 29.9 Å². The number of carbonyl (C=O) groups excluding carboxylic acids is 2. The summed E-state index contributed by atoms with van der Waals surface area (Å²) in [7, 11) is 0. The average Bonchev–Trinajstić information content (AvgIpc) is 3.19. The summed E-state index contributed by atoms with van der Waals surface area (Å²) >= 11 is 0. The number of alkyl carbamates (subject to hydrolysis) is 1. The van der Waals surface area contributed by atoms with E-state index >= 15 is 0 Å². The molecule has 0 saturated carbocycles. The number of hydrogen-bond donors (Lipinski definition) is 3. The van der Waals surface area contributed by atoms with E-state index in [0.717, 1.165) is 22.3 Å². The Labute approximate surface area is 206 Å². The van der Waals surface area contributed by atoms with Gasteiger partial charge in [0, 0.05) is 30.2 Å². The van der Waals surface area contributed by atoms with Crippen LogP contribution in [0.25, 0.3) is 11.1 Å². The van der Waals surface area contributed by atoms with E-state index in [1.165, 1.54) is 24.3 Å². The molecule has 3 N–H and O–H groups in total. The van der Waals surface area contributed by atoms with Gasteiger partial charge in [-0.1, -0.05) is 48.5 Å². The fraction of sp³-hybridized carbons (Fsp3) is 0.192. The van der Waals surface area contributed by atoms with Crippen LogP contribution in [-0.2, 0) is 14.3 Å². The zero-order chi connectivity index (χ0) is 25.7. The predicted octanol–water partition coefficient (Wildman–Crippen LogP) is 4.31. The minimum Gasteiger partial charge on any atom is -0.481 e. The normalized spacial score (nSPS) is 12.7. The van der Waals surface area contributed by atoms with Crippen LogP contribution in [0.15, 0.2) is 72.8 Å². The summed E-state index contributed by atoms with van der Waals surface area (Å²) in [5.74, 6) is -1.97. The van der Waals surface area contributed by atoms with Gasteiger partial charge in [0.25, 0.3) is 5.69 Å². The van der Waals surface area contributed by atoms with Gasteiger partial charge in [0.2, 0.25) is 5.91 Å². The number of anilines is 1. The molecule has 0 bridgehead atoms. The van der Waals surface area contributed by atoms with Crippen LogP contribution in [0.2, 0.25) is 0 Å². The van der Waals surface area contributed by atoms with E-state index in [1.807, 2.05) is 48.5 Å². The quantitative estimate of drug-likeness (QED) is 0.300. The summed E-state index contributed by atoms with van der Waals surface area (Å²) in [6.45, 7) is 0.0372. The van der Waals surface area contributed by atoms with Gasteiger partial charge in [-0.2, -0.15) is 0 Å². The van der Waals surface area contributed by atoms with Crippen molar-refractivity contribution in [3.05, 3.63) is 94.0 Å². The van der Waals surface area contributed by atoms with Crippen molar-refractivity contribution in [3.8, 4) is 11.1 Å². The van der Waals surface area contributed by atoms with Crippen molar-refractivity contribution in [2.75, 3.05) is 11.9 Å². The first-order valence-electron chi connectivity index (χ1n) is 11.2. The molecule has 3 aromatic carbocycles. The highest BCUT2D eigenvalue weighted by molar-refractivity contribution is 5.96. The van der Waals surface area contributed by atoms with Crippen molar-refractivity contribution in [1.82, 2.24) is 5.32 Å². The number of non-ortho nitro benzene ring substituents is 1. The largest absolute Gasteiger partial charge is 0.481 e. The number of rotatable bonds is 9. The Morgan fingerprint density at radius 2 is 1.53 bits per heavy atom. The fourth-order valence-corrected chi connectivity index (χ4v) is 4.21. The maximum atomic E-state index is 12.8. The zero-order valence-corrected chi connectivity index (χ0v) is 19.0. The standard InChI is InChI=1S/C26H23N3O7/c30-24(31)14-13-23(25(32)27-16-9-11-17(12-10-16)29(34)35)28-26(33)36-15-22-20-7-3-1-5-18(20)19-6-2-4-8-21(19)22/h1-12,22-23H,13-15H2,(H,27,32)(H,28,33)(H,30,31). The topological polar surface area (TPSA) is 148 Å². The third kappa shape index (κ3) is 5.49. The molecular formula is C26H23N3O7. The van der Waals surface area contributed by atoms with E-state index in [4.69, 9.17) is 9.84 Å². The number of benzene rings is 3. The van der Waals surface area contributed by atoms with Gasteiger partial charge in [0.15, 0.2) is 0 Å². The molecule has 10 nitrogen and oxygen atoms in total. The third-order valence-corrected chi connectivity index (χ3v) is 5.94. The van der Waals surface area contributed by atoms with Crippen LogP contribution in [0, 0.1) is 10.1 Å². The van der Waals surface area contributed by atoms with Crippen molar-refractivity contribution < 1.29 is 29.2 Å². The Morgan fingerprint density at radius 1 is 0.944 bits per heavy atom. The van der Waals surface area contributed by atoms with Gasteiger partial charge in [-0.15, -0.1) is 0 Å². The highest BCUT2D eigenvalue weighted by Gasteiger charge is 2.30. The monoisotopic (exact) mass is 489 g/mol. The Balaban J connectivity index is 1.41. The molecule has 0 heterocycles. The van der Waals surface area contributed by atoms with E-state index in [-0.39, 0.29) is 36.7 Å². The third-order valence-electron chi connectivity index (χ3n) is 5.94. The maximum Gasteiger partial charge on any atom is 0.407 e. The van der Waals surface area contributed by atoms with Gasteiger partial charge < -0.3 is 20.5 Å². The second kappa shape index (κ2) is 10.7. The molecule has 1 unspecified atom stereocenters. The first-order valence-corrected chi connectivity index (χ1v) is 11.2. The molecule has 1 atom stereocenters. The molecule has 1 aliphatic rings. The molecule has 10 heteroatoms. The summed E-state index contributed by atoms with van der Waals surface area (Å²) in [6, 6.07) is 19.7. The molecule has 36 heavy (non-hydrogen) atoms. The van der Waals surface area contributed by atoms with Gasteiger partial charge in [-0.25, -0.2) is 4.79 Å². The Morgan fingerprint density at radius 3 is 2.08 bits per heavy atom. The van der Waals surface area contributed by atoms with Crippen LogP contribution in [0.3, 0.4) is 0 Å². The number of carbonyl (C=O) groups is 3. The van der Waals surface area contributed by atoms with Crippen molar-refractivity contribution in [2.45, 2.75) is 24.8 Å². The SMILES string of the molecule is O=C(O)CCC(NC(=O)OCC1c2ccccc2-c2ccccc21)C(=O)Nc1ccc([N+](=O)[O-])cc1. The Bertz CT molecular complexity index is 1260. The number of carboxylic acids is 1. The maximum absolute atomic E-state index is 12.8. The van der Waals surface area contributed by atoms with Crippen molar-refractivity contribution >= 4 is 29.3 Å². The summed E-state index contributed by atoms with van der Waals surface area (Å²) < 4.78 is 5.47. The summed E-state index contributed by atoms with van der Waals surface area (Å²) in [4.78, 5) is 46.7. The van der Waals surface area contributed by atoms with E-state index in [9.17, 15) is 24.5 Å². The number of amides is 2. The summed E-state index contributed by atoms with van der Waals surface area (Å²) in [5, 5.41) is 24.8. The van der Waals surface area contributed by atoms with Crippen molar-refractivity contribution in [2.24, 2.45) is 0 Å². The minimum atomic E-state index is -1.19. The average molecular weight is 489 g/mol. The second-order valence-electron chi connectivity index (χ2n) is 8.25. The summed E-state index contributed by atoms with van der Waals surface area (Å²) in [6.07, 6.45) is -1.38. The molecule has 0 saturated heterocycles. The van der Waals surface area contributed by atoms with E-state index in [1.54, 1.807) is 0 Å². The predicted molar refractivity (Wildman–Crippen MR) is 131 cm³/mol. The Hall–Kier alpha value is -4.73. The molecule has 184 valence electrons. The molecule has 4 rings (SSSR count). The van der Waals surface area contributed by atoms with Gasteiger partial charge in [0.05, 0.1) is 4.92 Å². The van der Waals surface area contributed by atoms with Gasteiger partial charge >= 0.3 is 12.1 Å². The number of carboxylic acid groups (broad SMARTS) is 1. The molecule has 0 radical (unpaired) electrons. The Kier molecular flexibility index (Phi) is 7.24. The van der Waals surface area contributed by atoms with Crippen LogP contribution < -0.4 is 10.6 Å². The van der Waals surface area contributed by atoms with Crippen LogP contribution in [0.5, 0.6) is 0 Å². The smallest absolute Gasteiger partial charge is 0.407 e. The molecule has 2 amide bonds. The summed E-state index contributed by atoms with van der Waals surface area (Å²) in [5.41, 5.74) is 4.33. The van der Waals surface area contributed by atoms with Crippen molar-refractivity contribution in [3.63, 3.8) is 0 Å². The lowest BCUT2D eigenvalue weighted by atomic mass is 9.98. The number of nitro groups is 1. The number of ether oxygens (including phenoxy) is 1. The van der Waals surface area contributed by atoms with E-state index < -0.39 is 28.9 Å². The highest BCUT2D eigenvalue weighted by atomic mass is 16.6. The van der Waals surface area contributed by atoms with Gasteiger partial charge in [0.1, 0.15) is 12.6 Å². The molecule has 1 aliphatic carbocycles. The number of hydrogen-bond acceptors (Lipinski definition) is 6. The first-order chi connectivity index (χ1) is 17.3. The zero-order valence-electron chi connectivity index (χ0n) is 19.0. The lowest BCUT2D eigenvalue weighted by molar-refractivity contribution is -0.384. The van der Waals surface area contributed by atoms with Crippen LogP contribution >= 0.6 is 0 Å². The number of fused-ring (bicyclic) bond motifs is 3. The number of nitro benzene ring substituents is 1. The lowest BCUT2D eigenvalue weighted by Crippen LogP contribution is -2.44. The van der Waals surface area contributed by atoms with E-state index in [2.05, 4.69) is 10.6 Å². The number of nitrogens with one attached hydrogen (secondary N) is 2. The fourth-order valence-electron chi connectivity index (χ4n) is 4.21. The van der Waals surface area contributed by atoms with E-state index in [0.29, 0.717) is 0 Å². The van der Waals surface area contributed by atoms with Crippen LogP contribution in [0.4, 0.5) is 16.2 Å². The second-order valence-corrected chi connectivity index (χ2v) is 8.25. The molecule has 0 aliphatic heterocycles. The van der Waals surface area contributed by atoms with Gasteiger partial charge in [-0.05, 0) is 40.8 Å². The minimum absolute atomic E-state index is 0.0372. The lowest BCUT2D eigenvalue weighted by Gasteiger charge is -2.19. The molecule has 3 aromatic rings. The van der Waals surface area contributed by atoms with Crippen LogP contribution in [-0.4, -0.2) is 40.6 Å².